The van der Waals surface area contributed by atoms with Crippen molar-refractivity contribution in [2.45, 2.75) is 6.92 Å². The van der Waals surface area contributed by atoms with Crippen LogP contribution >= 0.6 is 11.3 Å². The molecule has 8 nitrogen and oxygen atoms in total. The van der Waals surface area contributed by atoms with Crippen LogP contribution < -0.4 is 10.6 Å². The predicted octanol–water partition coefficient (Wildman–Crippen LogP) is 2.18. The lowest BCUT2D eigenvalue weighted by Gasteiger charge is -2.07. The number of thiazole rings is 1. The van der Waals surface area contributed by atoms with Crippen molar-refractivity contribution >= 4 is 38.7 Å². The van der Waals surface area contributed by atoms with E-state index in [4.69, 9.17) is 4.74 Å². The Hall–Kier alpha value is -2.81. The number of aromatic nitrogens is 4. The van der Waals surface area contributed by atoms with E-state index < -0.39 is 0 Å². The van der Waals surface area contributed by atoms with Gasteiger partial charge in [0, 0.05) is 31.7 Å². The molecule has 2 N–H and O–H groups in total. The van der Waals surface area contributed by atoms with Crippen molar-refractivity contribution in [3.63, 3.8) is 0 Å². The minimum absolute atomic E-state index is 0.349. The SMILES string of the molecule is CCOC(=O)c1ccc(NCCNc2nc3nccnc3s2)nc1. The van der Waals surface area contributed by atoms with Crippen molar-refractivity contribution in [2.75, 3.05) is 30.3 Å². The van der Waals surface area contributed by atoms with Gasteiger partial charge in [0.05, 0.1) is 12.2 Å². The maximum atomic E-state index is 11.5. The maximum Gasteiger partial charge on any atom is 0.339 e. The van der Waals surface area contributed by atoms with Crippen LogP contribution in [-0.2, 0) is 4.74 Å². The van der Waals surface area contributed by atoms with Gasteiger partial charge in [-0.05, 0) is 19.1 Å². The number of pyridine rings is 1. The summed E-state index contributed by atoms with van der Waals surface area (Å²) >= 11 is 1.46. The molecule has 0 bridgehead atoms. The Balaban J connectivity index is 1.47. The van der Waals surface area contributed by atoms with E-state index in [0.29, 0.717) is 36.7 Å². The molecule has 3 rings (SSSR count). The van der Waals surface area contributed by atoms with E-state index in [9.17, 15) is 4.79 Å². The number of anilines is 2. The van der Waals surface area contributed by atoms with Gasteiger partial charge in [-0.3, -0.25) is 0 Å². The van der Waals surface area contributed by atoms with Crippen molar-refractivity contribution in [1.29, 1.82) is 0 Å². The fourth-order valence-electron chi connectivity index (χ4n) is 1.95. The van der Waals surface area contributed by atoms with E-state index in [1.54, 1.807) is 31.5 Å². The summed E-state index contributed by atoms with van der Waals surface area (Å²) in [7, 11) is 0. The highest BCUT2D eigenvalue weighted by Gasteiger charge is 2.07. The van der Waals surface area contributed by atoms with E-state index in [2.05, 4.69) is 30.6 Å². The van der Waals surface area contributed by atoms with Gasteiger partial charge in [-0.25, -0.2) is 19.7 Å². The van der Waals surface area contributed by atoms with Gasteiger partial charge < -0.3 is 15.4 Å². The first-order valence-electron chi connectivity index (χ1n) is 7.44. The van der Waals surface area contributed by atoms with Crippen LogP contribution in [0.25, 0.3) is 10.5 Å². The highest BCUT2D eigenvalue weighted by molar-refractivity contribution is 7.21. The molecule has 24 heavy (non-hydrogen) atoms. The van der Waals surface area contributed by atoms with Crippen LogP contribution in [-0.4, -0.2) is 45.6 Å². The van der Waals surface area contributed by atoms with Crippen LogP contribution in [0, 0.1) is 0 Å². The van der Waals surface area contributed by atoms with E-state index >= 15 is 0 Å². The first-order chi connectivity index (χ1) is 11.8. The lowest BCUT2D eigenvalue weighted by molar-refractivity contribution is 0.0526. The van der Waals surface area contributed by atoms with Gasteiger partial charge in [0.2, 0.25) is 0 Å². The third kappa shape index (κ3) is 3.93. The molecule has 0 spiro atoms. The number of ether oxygens (including phenoxy) is 1. The van der Waals surface area contributed by atoms with Crippen LogP contribution in [0.15, 0.2) is 30.7 Å². The Morgan fingerprint density at radius 2 is 2.00 bits per heavy atom. The van der Waals surface area contributed by atoms with Gasteiger partial charge >= 0.3 is 5.97 Å². The molecule has 124 valence electrons. The Bertz CT molecular complexity index is 787. The topological polar surface area (TPSA) is 102 Å². The molecule has 0 aliphatic heterocycles. The summed E-state index contributed by atoms with van der Waals surface area (Å²) in [6.45, 7) is 3.44. The average Bonchev–Trinajstić information content (AvgIpc) is 3.02. The molecule has 0 fully saturated rings. The number of rotatable bonds is 7. The zero-order valence-corrected chi connectivity index (χ0v) is 13.8. The molecule has 0 amide bonds. The number of esters is 1. The van der Waals surface area contributed by atoms with E-state index in [-0.39, 0.29) is 5.97 Å². The first-order valence-corrected chi connectivity index (χ1v) is 8.26. The number of nitrogens with one attached hydrogen (secondary N) is 2. The highest BCUT2D eigenvalue weighted by Crippen LogP contribution is 2.21. The van der Waals surface area contributed by atoms with Crippen molar-refractivity contribution in [3.05, 3.63) is 36.3 Å². The predicted molar refractivity (Wildman–Crippen MR) is 92.4 cm³/mol. The quantitative estimate of drug-likeness (QED) is 0.497. The van der Waals surface area contributed by atoms with Crippen LogP contribution in [0.2, 0.25) is 0 Å². The first kappa shape index (κ1) is 16.1. The molecule has 3 aromatic heterocycles. The van der Waals surface area contributed by atoms with Crippen LogP contribution in [0.5, 0.6) is 0 Å². The Labute approximate surface area is 142 Å². The van der Waals surface area contributed by atoms with Gasteiger partial charge in [-0.1, -0.05) is 11.3 Å². The molecule has 3 heterocycles. The smallest absolute Gasteiger partial charge is 0.339 e. The number of hydrogen-bond acceptors (Lipinski definition) is 9. The summed E-state index contributed by atoms with van der Waals surface area (Å²) in [6, 6.07) is 3.43. The number of nitrogens with zero attached hydrogens (tertiary/aromatic N) is 4. The van der Waals surface area contributed by atoms with Crippen molar-refractivity contribution in [2.24, 2.45) is 0 Å². The minimum Gasteiger partial charge on any atom is -0.462 e. The summed E-state index contributed by atoms with van der Waals surface area (Å²) in [5.74, 6) is 0.328. The Morgan fingerprint density at radius 1 is 1.17 bits per heavy atom. The third-order valence-corrected chi connectivity index (χ3v) is 3.94. The van der Waals surface area contributed by atoms with Gasteiger partial charge in [0.1, 0.15) is 5.82 Å². The van der Waals surface area contributed by atoms with E-state index in [0.717, 1.165) is 9.96 Å². The largest absolute Gasteiger partial charge is 0.462 e. The molecular formula is C15H16N6O2S. The molecule has 0 unspecified atom stereocenters. The van der Waals surface area contributed by atoms with Gasteiger partial charge in [-0.15, -0.1) is 0 Å². The highest BCUT2D eigenvalue weighted by atomic mass is 32.1. The van der Waals surface area contributed by atoms with Crippen LogP contribution in [0.1, 0.15) is 17.3 Å². The molecule has 0 aliphatic carbocycles. The minimum atomic E-state index is -0.365. The van der Waals surface area contributed by atoms with Crippen LogP contribution in [0.4, 0.5) is 10.9 Å². The van der Waals surface area contributed by atoms with Gasteiger partial charge in [0.25, 0.3) is 0 Å². The summed E-state index contributed by atoms with van der Waals surface area (Å²) < 4.78 is 4.91. The second kappa shape index (κ2) is 7.64. The fraction of sp³-hybridized carbons (Fsp3) is 0.267. The second-order valence-corrected chi connectivity index (χ2v) is 5.69. The fourth-order valence-corrected chi connectivity index (χ4v) is 2.74. The number of carbonyl (C=O) groups excluding carboxylic acids is 1. The molecule has 0 saturated carbocycles. The summed E-state index contributed by atoms with van der Waals surface area (Å²) in [6.07, 6.45) is 4.77. The van der Waals surface area contributed by atoms with Crippen molar-refractivity contribution < 1.29 is 9.53 Å². The molecule has 0 atom stereocenters. The number of carbonyl (C=O) groups is 1. The molecule has 0 aromatic carbocycles. The standard InChI is InChI=1S/C15H16N6O2S/c1-2-23-14(22)10-3-4-11(20-9-10)16-5-8-19-15-21-12-13(24-15)18-7-6-17-12/h3-4,6-7,9H,2,5,8H2,1H3,(H,16,20)(H,17,19,21). The Morgan fingerprint density at radius 3 is 2.75 bits per heavy atom. The van der Waals surface area contributed by atoms with Crippen molar-refractivity contribution in [3.8, 4) is 0 Å². The van der Waals surface area contributed by atoms with Gasteiger partial charge in [-0.2, -0.15) is 4.98 Å². The zero-order valence-electron chi connectivity index (χ0n) is 13.0. The Kier molecular flexibility index (Phi) is 5.12. The molecule has 0 radical (unpaired) electrons. The third-order valence-electron chi connectivity index (χ3n) is 3.03. The summed E-state index contributed by atoms with van der Waals surface area (Å²) in [5, 5.41) is 7.16. The van der Waals surface area contributed by atoms with E-state index in [1.165, 1.54) is 17.5 Å². The second-order valence-electron chi connectivity index (χ2n) is 4.71. The lowest BCUT2D eigenvalue weighted by Crippen LogP contribution is -2.14. The molecule has 0 saturated heterocycles. The molecular weight excluding hydrogens is 328 g/mol. The molecule has 3 aromatic rings. The zero-order chi connectivity index (χ0) is 16.8. The summed E-state index contributed by atoms with van der Waals surface area (Å²) in [5.41, 5.74) is 1.09. The normalized spacial score (nSPS) is 10.5. The van der Waals surface area contributed by atoms with Gasteiger partial charge in [0.15, 0.2) is 15.6 Å². The maximum absolute atomic E-state index is 11.5. The summed E-state index contributed by atoms with van der Waals surface area (Å²) in [4.78, 5) is 29.2. The number of hydrogen-bond donors (Lipinski definition) is 2. The van der Waals surface area contributed by atoms with Crippen molar-refractivity contribution in [1.82, 2.24) is 19.9 Å². The molecule has 0 aliphatic rings. The van der Waals surface area contributed by atoms with E-state index in [1.807, 2.05) is 0 Å². The van der Waals surface area contributed by atoms with Crippen LogP contribution in [0.3, 0.4) is 0 Å². The molecule has 9 heteroatoms. The monoisotopic (exact) mass is 344 g/mol. The lowest BCUT2D eigenvalue weighted by atomic mass is 10.3. The number of fused-ring (bicyclic) bond motifs is 1. The average molecular weight is 344 g/mol.